The van der Waals surface area contributed by atoms with E-state index in [9.17, 15) is 13.2 Å². The van der Waals surface area contributed by atoms with Crippen LogP contribution in [0.4, 0.5) is 19.0 Å². The Labute approximate surface area is 168 Å². The zero-order valence-electron chi connectivity index (χ0n) is 15.9. The number of benzene rings is 1. The molecule has 3 aromatic rings. The molecule has 8 nitrogen and oxygen atoms in total. The molecule has 2 N–H and O–H groups in total. The highest BCUT2D eigenvalue weighted by molar-refractivity contribution is 6.27. The standard InChI is InChI=1S/C17H17F3N4.C2H2O4/c1-22-7-9-23(10-8-22)16-15-3-2-6-24(15)14-5-4-12(17(18,19)20)11-13(14)21-16;3-1(4)2(5)6/h2-6,11H,7-10H2,1H3;(H,3,4)(H,5,6). The predicted molar refractivity (Wildman–Crippen MR) is 103 cm³/mol. The average Bonchev–Trinajstić information content (AvgIpc) is 3.17. The van der Waals surface area contributed by atoms with E-state index in [4.69, 9.17) is 19.8 Å². The summed E-state index contributed by atoms with van der Waals surface area (Å²) in [6.45, 7) is 3.45. The third-order valence-corrected chi connectivity index (χ3v) is 4.75. The number of hydrogen-bond donors (Lipinski definition) is 2. The first-order valence-corrected chi connectivity index (χ1v) is 8.95. The van der Waals surface area contributed by atoms with Gasteiger partial charge in [0.15, 0.2) is 5.82 Å². The quantitative estimate of drug-likeness (QED) is 0.579. The number of likely N-dealkylation sites (N-methyl/N-ethyl adjacent to an activating group) is 1. The van der Waals surface area contributed by atoms with Crippen molar-refractivity contribution in [2.75, 3.05) is 38.1 Å². The van der Waals surface area contributed by atoms with E-state index in [0.717, 1.165) is 49.6 Å². The SMILES string of the molecule is CN1CCN(c2nc3cc(C(F)(F)F)ccc3n3cccc23)CC1.O=C(O)C(=O)O. The van der Waals surface area contributed by atoms with Crippen LogP contribution in [0.15, 0.2) is 36.5 Å². The Bertz CT molecular complexity index is 1080. The zero-order valence-corrected chi connectivity index (χ0v) is 15.9. The van der Waals surface area contributed by atoms with Crippen LogP contribution in [0.2, 0.25) is 0 Å². The fraction of sp³-hybridized carbons (Fsp3) is 0.316. The van der Waals surface area contributed by atoms with Crippen LogP contribution in [0.25, 0.3) is 16.6 Å². The Kier molecular flexibility index (Phi) is 5.83. The van der Waals surface area contributed by atoms with Gasteiger partial charge >= 0.3 is 18.1 Å². The number of piperazine rings is 1. The number of carboxylic acid groups (broad SMARTS) is 2. The summed E-state index contributed by atoms with van der Waals surface area (Å²) < 4.78 is 41.0. The first kappa shape index (κ1) is 21.4. The summed E-state index contributed by atoms with van der Waals surface area (Å²) in [7, 11) is 2.06. The molecule has 0 saturated carbocycles. The molecule has 0 unspecified atom stereocenters. The maximum Gasteiger partial charge on any atom is 0.416 e. The van der Waals surface area contributed by atoms with Gasteiger partial charge in [0, 0.05) is 32.4 Å². The van der Waals surface area contributed by atoms with Gasteiger partial charge in [0.25, 0.3) is 0 Å². The highest BCUT2D eigenvalue weighted by atomic mass is 19.4. The molecule has 0 aliphatic carbocycles. The van der Waals surface area contributed by atoms with Gasteiger partial charge in [-0.2, -0.15) is 13.2 Å². The number of halogens is 3. The molecule has 1 saturated heterocycles. The molecule has 4 rings (SSSR count). The molecule has 1 aliphatic heterocycles. The third-order valence-electron chi connectivity index (χ3n) is 4.75. The van der Waals surface area contributed by atoms with Gasteiger partial charge in [-0.3, -0.25) is 0 Å². The highest BCUT2D eigenvalue weighted by Gasteiger charge is 2.31. The van der Waals surface area contributed by atoms with Gasteiger partial charge in [-0.05, 0) is 37.4 Å². The number of aliphatic carboxylic acids is 2. The van der Waals surface area contributed by atoms with E-state index in [1.54, 1.807) is 0 Å². The Morgan fingerprint density at radius 1 is 1.00 bits per heavy atom. The molecule has 1 fully saturated rings. The number of anilines is 1. The first-order chi connectivity index (χ1) is 14.1. The van der Waals surface area contributed by atoms with E-state index < -0.39 is 23.7 Å². The average molecular weight is 424 g/mol. The number of hydrogen-bond acceptors (Lipinski definition) is 5. The van der Waals surface area contributed by atoms with Crippen molar-refractivity contribution in [3.8, 4) is 0 Å². The van der Waals surface area contributed by atoms with Gasteiger partial charge < -0.3 is 24.4 Å². The Balaban J connectivity index is 0.000000377. The van der Waals surface area contributed by atoms with Crippen molar-refractivity contribution >= 4 is 34.3 Å². The number of rotatable bonds is 1. The molecule has 1 aromatic carbocycles. The van der Waals surface area contributed by atoms with Crippen molar-refractivity contribution in [2.24, 2.45) is 0 Å². The van der Waals surface area contributed by atoms with Gasteiger partial charge in [0.2, 0.25) is 0 Å². The van der Waals surface area contributed by atoms with Crippen LogP contribution in [-0.2, 0) is 15.8 Å². The van der Waals surface area contributed by atoms with E-state index in [0.29, 0.717) is 11.0 Å². The Morgan fingerprint density at radius 3 is 2.20 bits per heavy atom. The molecule has 11 heteroatoms. The molecule has 0 amide bonds. The topological polar surface area (TPSA) is 98.4 Å². The number of carboxylic acids is 2. The Hall–Kier alpha value is -3.34. The van der Waals surface area contributed by atoms with Crippen molar-refractivity contribution in [1.29, 1.82) is 0 Å². The number of aromatic nitrogens is 2. The summed E-state index contributed by atoms with van der Waals surface area (Å²) in [4.78, 5) is 27.2. The van der Waals surface area contributed by atoms with Gasteiger partial charge in [-0.1, -0.05) is 0 Å². The highest BCUT2D eigenvalue weighted by Crippen LogP contribution is 2.33. The van der Waals surface area contributed by atoms with Crippen LogP contribution >= 0.6 is 0 Å². The van der Waals surface area contributed by atoms with E-state index >= 15 is 0 Å². The van der Waals surface area contributed by atoms with Crippen LogP contribution in [0.5, 0.6) is 0 Å². The Morgan fingerprint density at radius 2 is 1.63 bits per heavy atom. The molecule has 160 valence electrons. The van der Waals surface area contributed by atoms with Gasteiger partial charge in [0.1, 0.15) is 0 Å². The second-order valence-corrected chi connectivity index (χ2v) is 6.80. The zero-order chi connectivity index (χ0) is 22.1. The van der Waals surface area contributed by atoms with E-state index in [2.05, 4.69) is 21.8 Å². The molecule has 1 aliphatic rings. The number of carbonyl (C=O) groups is 2. The maximum atomic E-state index is 13.0. The fourth-order valence-electron chi connectivity index (χ4n) is 3.19. The first-order valence-electron chi connectivity index (χ1n) is 8.95. The summed E-state index contributed by atoms with van der Waals surface area (Å²) in [6, 6.07) is 7.59. The van der Waals surface area contributed by atoms with Gasteiger partial charge in [-0.25, -0.2) is 14.6 Å². The molecule has 0 spiro atoms. The van der Waals surface area contributed by atoms with Crippen molar-refractivity contribution in [2.45, 2.75) is 6.18 Å². The second kappa shape index (κ2) is 8.19. The van der Waals surface area contributed by atoms with Gasteiger partial charge in [0.05, 0.1) is 22.1 Å². The molecular weight excluding hydrogens is 405 g/mol. The van der Waals surface area contributed by atoms with Crippen LogP contribution in [0.3, 0.4) is 0 Å². The number of nitrogens with zero attached hydrogens (tertiary/aromatic N) is 4. The molecule has 30 heavy (non-hydrogen) atoms. The summed E-state index contributed by atoms with van der Waals surface area (Å²) in [5.41, 5.74) is 1.30. The van der Waals surface area contributed by atoms with E-state index in [-0.39, 0.29) is 0 Å². The maximum absolute atomic E-state index is 13.0. The summed E-state index contributed by atoms with van der Waals surface area (Å²) in [6.07, 6.45) is -2.50. The van der Waals surface area contributed by atoms with E-state index in [1.165, 1.54) is 6.07 Å². The normalized spacial score (nSPS) is 15.1. The van der Waals surface area contributed by atoms with Crippen LogP contribution in [0.1, 0.15) is 5.56 Å². The van der Waals surface area contributed by atoms with Gasteiger partial charge in [-0.15, -0.1) is 0 Å². The van der Waals surface area contributed by atoms with Crippen molar-refractivity contribution in [3.05, 3.63) is 42.1 Å². The van der Waals surface area contributed by atoms with Crippen molar-refractivity contribution in [1.82, 2.24) is 14.3 Å². The smallest absolute Gasteiger partial charge is 0.416 e. The number of alkyl halides is 3. The molecule has 3 heterocycles. The minimum Gasteiger partial charge on any atom is -0.473 e. The van der Waals surface area contributed by atoms with Crippen molar-refractivity contribution in [3.63, 3.8) is 0 Å². The molecule has 0 bridgehead atoms. The predicted octanol–water partition coefficient (Wildman–Crippen LogP) is 2.41. The van der Waals surface area contributed by atoms with Crippen LogP contribution < -0.4 is 4.90 Å². The molecule has 2 aromatic heterocycles. The number of fused-ring (bicyclic) bond motifs is 3. The monoisotopic (exact) mass is 424 g/mol. The second-order valence-electron chi connectivity index (χ2n) is 6.80. The summed E-state index contributed by atoms with van der Waals surface area (Å²) in [5, 5.41) is 14.8. The van der Waals surface area contributed by atoms with Crippen LogP contribution in [-0.4, -0.2) is 69.7 Å². The molecular formula is C19H19F3N4O4. The third kappa shape index (κ3) is 4.46. The molecule has 0 radical (unpaired) electrons. The van der Waals surface area contributed by atoms with Crippen molar-refractivity contribution < 1.29 is 33.0 Å². The minimum atomic E-state index is -4.37. The molecule has 0 atom stereocenters. The lowest BCUT2D eigenvalue weighted by molar-refractivity contribution is -0.159. The largest absolute Gasteiger partial charge is 0.473 e. The minimum absolute atomic E-state index is 0.363. The van der Waals surface area contributed by atoms with E-state index in [1.807, 2.05) is 22.7 Å². The lowest BCUT2D eigenvalue weighted by atomic mass is 10.2. The lowest BCUT2D eigenvalue weighted by Crippen LogP contribution is -2.45. The summed E-state index contributed by atoms with van der Waals surface area (Å²) >= 11 is 0. The lowest BCUT2D eigenvalue weighted by Gasteiger charge is -2.33. The van der Waals surface area contributed by atoms with Crippen LogP contribution in [0, 0.1) is 0 Å². The fourth-order valence-corrected chi connectivity index (χ4v) is 3.19. The summed E-state index contributed by atoms with van der Waals surface area (Å²) in [5.74, 6) is -2.90.